The Labute approximate surface area is 119 Å². The Morgan fingerprint density at radius 3 is 2.94 bits per heavy atom. The molecular formula is C13H16Br2O2. The smallest absolute Gasteiger partial charge is 0.133 e. The molecule has 1 aromatic rings. The van der Waals surface area contributed by atoms with Crippen molar-refractivity contribution < 1.29 is 9.47 Å². The number of hydrogen-bond donors (Lipinski definition) is 0. The summed E-state index contributed by atoms with van der Waals surface area (Å²) in [5.41, 5.74) is 1.32. The van der Waals surface area contributed by atoms with Crippen LogP contribution in [-0.2, 0) is 11.2 Å². The Hall–Kier alpha value is -0.0600. The summed E-state index contributed by atoms with van der Waals surface area (Å²) in [4.78, 5) is 0.567. The lowest BCUT2D eigenvalue weighted by Crippen LogP contribution is -2.29. The van der Waals surface area contributed by atoms with Gasteiger partial charge in [-0.3, -0.25) is 0 Å². The maximum atomic E-state index is 5.53. The van der Waals surface area contributed by atoms with Gasteiger partial charge in [0.1, 0.15) is 5.75 Å². The Morgan fingerprint density at radius 1 is 1.47 bits per heavy atom. The summed E-state index contributed by atoms with van der Waals surface area (Å²) < 4.78 is 11.8. The van der Waals surface area contributed by atoms with E-state index in [-0.39, 0.29) is 0 Å². The molecular weight excluding hydrogens is 348 g/mol. The zero-order valence-electron chi connectivity index (χ0n) is 9.79. The van der Waals surface area contributed by atoms with Crippen molar-refractivity contribution in [3.63, 3.8) is 0 Å². The molecule has 1 heterocycles. The number of benzene rings is 1. The number of methoxy groups -OCH3 is 1. The first kappa shape index (κ1) is 13.4. The van der Waals surface area contributed by atoms with Crippen LogP contribution in [0.3, 0.4) is 0 Å². The van der Waals surface area contributed by atoms with E-state index in [2.05, 4.69) is 44.0 Å². The molecule has 1 aliphatic rings. The highest BCUT2D eigenvalue weighted by molar-refractivity contribution is 9.10. The summed E-state index contributed by atoms with van der Waals surface area (Å²) in [6.45, 7) is 1.72. The largest absolute Gasteiger partial charge is 0.496 e. The summed E-state index contributed by atoms with van der Waals surface area (Å²) in [5, 5.41) is 0. The van der Waals surface area contributed by atoms with Gasteiger partial charge in [-0.2, -0.15) is 0 Å². The van der Waals surface area contributed by atoms with Crippen molar-refractivity contribution in [3.05, 3.63) is 28.2 Å². The highest BCUT2D eigenvalue weighted by Gasteiger charge is 2.23. The predicted octanol–water partition coefficient (Wildman–Crippen LogP) is 3.80. The lowest BCUT2D eigenvalue weighted by molar-refractivity contribution is 0.0605. The van der Waals surface area contributed by atoms with Crippen LogP contribution in [0.4, 0.5) is 0 Å². The summed E-state index contributed by atoms with van der Waals surface area (Å²) in [6, 6.07) is 6.26. The first-order valence-electron chi connectivity index (χ1n) is 5.75. The van der Waals surface area contributed by atoms with Crippen LogP contribution in [-0.4, -0.2) is 25.2 Å². The molecule has 1 aliphatic heterocycles. The van der Waals surface area contributed by atoms with Gasteiger partial charge in [-0.1, -0.05) is 22.0 Å². The lowest BCUT2D eigenvalue weighted by atomic mass is 9.94. The van der Waals surface area contributed by atoms with E-state index in [4.69, 9.17) is 9.47 Å². The van der Waals surface area contributed by atoms with Crippen molar-refractivity contribution in [2.24, 2.45) is 5.92 Å². The highest BCUT2D eigenvalue weighted by atomic mass is 79.9. The van der Waals surface area contributed by atoms with Crippen LogP contribution in [0, 0.1) is 5.92 Å². The number of alkyl halides is 1. The van der Waals surface area contributed by atoms with Gasteiger partial charge in [-0.15, -0.1) is 0 Å². The number of rotatable bonds is 3. The molecule has 0 N–H and O–H groups in total. The van der Waals surface area contributed by atoms with E-state index in [1.807, 2.05) is 6.07 Å². The Balaban J connectivity index is 2.05. The quantitative estimate of drug-likeness (QED) is 0.760. The average molecular weight is 364 g/mol. The van der Waals surface area contributed by atoms with E-state index < -0.39 is 0 Å². The first-order chi connectivity index (χ1) is 8.20. The van der Waals surface area contributed by atoms with Gasteiger partial charge in [0.05, 0.1) is 18.2 Å². The van der Waals surface area contributed by atoms with Crippen LogP contribution in [0.1, 0.15) is 12.0 Å². The van der Waals surface area contributed by atoms with Gasteiger partial charge >= 0.3 is 0 Å². The standard InChI is InChI=1S/C13H16Br2O2/c1-16-13-3-2-9(7-12(13)15)6-10-8-17-5-4-11(10)14/h2-3,7,10-11H,4-6,8H2,1H3. The number of halogens is 2. The minimum absolute atomic E-state index is 0.559. The van der Waals surface area contributed by atoms with Crippen molar-refractivity contribution in [3.8, 4) is 5.75 Å². The summed E-state index contributed by atoms with van der Waals surface area (Å²) in [5.74, 6) is 1.44. The normalized spacial score (nSPS) is 24.6. The summed E-state index contributed by atoms with van der Waals surface area (Å²) >= 11 is 7.26. The summed E-state index contributed by atoms with van der Waals surface area (Å²) in [7, 11) is 1.68. The van der Waals surface area contributed by atoms with E-state index in [1.54, 1.807) is 7.11 Å². The van der Waals surface area contributed by atoms with Crippen LogP contribution in [0.15, 0.2) is 22.7 Å². The van der Waals surface area contributed by atoms with Gasteiger partial charge in [-0.05, 0) is 52.4 Å². The molecule has 1 aromatic carbocycles. The van der Waals surface area contributed by atoms with Crippen LogP contribution in [0.25, 0.3) is 0 Å². The Morgan fingerprint density at radius 2 is 2.29 bits per heavy atom. The van der Waals surface area contributed by atoms with Crippen molar-refractivity contribution in [2.45, 2.75) is 17.7 Å². The fourth-order valence-corrected chi connectivity index (χ4v) is 3.21. The molecule has 1 fully saturated rings. The molecule has 0 radical (unpaired) electrons. The predicted molar refractivity (Wildman–Crippen MR) is 76.0 cm³/mol. The van der Waals surface area contributed by atoms with E-state index in [1.165, 1.54) is 5.56 Å². The van der Waals surface area contributed by atoms with Crippen LogP contribution in [0.5, 0.6) is 5.75 Å². The monoisotopic (exact) mass is 362 g/mol. The van der Waals surface area contributed by atoms with Crippen molar-refractivity contribution in [1.82, 2.24) is 0 Å². The molecule has 4 heteroatoms. The van der Waals surface area contributed by atoms with E-state index in [9.17, 15) is 0 Å². The number of ether oxygens (including phenoxy) is 2. The topological polar surface area (TPSA) is 18.5 Å². The lowest BCUT2D eigenvalue weighted by Gasteiger charge is -2.27. The molecule has 2 unspecified atom stereocenters. The minimum atomic E-state index is 0.559. The first-order valence-corrected chi connectivity index (χ1v) is 7.46. The van der Waals surface area contributed by atoms with Gasteiger partial charge in [-0.25, -0.2) is 0 Å². The zero-order valence-corrected chi connectivity index (χ0v) is 13.0. The fourth-order valence-electron chi connectivity index (χ4n) is 2.10. The third-order valence-electron chi connectivity index (χ3n) is 3.10. The molecule has 17 heavy (non-hydrogen) atoms. The van der Waals surface area contributed by atoms with Crippen molar-refractivity contribution >= 4 is 31.9 Å². The molecule has 2 nitrogen and oxygen atoms in total. The average Bonchev–Trinajstić information content (AvgIpc) is 2.32. The minimum Gasteiger partial charge on any atom is -0.496 e. The van der Waals surface area contributed by atoms with Gasteiger partial charge in [0.2, 0.25) is 0 Å². The van der Waals surface area contributed by atoms with Crippen molar-refractivity contribution in [2.75, 3.05) is 20.3 Å². The van der Waals surface area contributed by atoms with Crippen molar-refractivity contribution in [1.29, 1.82) is 0 Å². The van der Waals surface area contributed by atoms with Gasteiger partial charge in [0.25, 0.3) is 0 Å². The molecule has 1 saturated heterocycles. The SMILES string of the molecule is COc1ccc(CC2COCCC2Br)cc1Br. The zero-order chi connectivity index (χ0) is 12.3. The van der Waals surface area contributed by atoms with E-state index >= 15 is 0 Å². The molecule has 2 atom stereocenters. The molecule has 0 aromatic heterocycles. The molecule has 0 amide bonds. The third kappa shape index (κ3) is 3.46. The molecule has 0 spiro atoms. The molecule has 0 saturated carbocycles. The van der Waals surface area contributed by atoms with Gasteiger partial charge in [0.15, 0.2) is 0 Å². The maximum absolute atomic E-state index is 5.53. The highest BCUT2D eigenvalue weighted by Crippen LogP contribution is 2.29. The molecule has 2 rings (SSSR count). The maximum Gasteiger partial charge on any atom is 0.133 e. The molecule has 94 valence electrons. The second-order valence-corrected chi connectivity index (χ2v) is 6.34. The Kier molecular flexibility index (Phi) is 4.88. The molecule has 0 bridgehead atoms. The van der Waals surface area contributed by atoms with Gasteiger partial charge in [0, 0.05) is 11.4 Å². The third-order valence-corrected chi connectivity index (χ3v) is 4.92. The molecule has 0 aliphatic carbocycles. The summed E-state index contributed by atoms with van der Waals surface area (Å²) in [6.07, 6.45) is 2.14. The Bertz CT molecular complexity index is 382. The second-order valence-electron chi connectivity index (χ2n) is 4.31. The number of hydrogen-bond acceptors (Lipinski definition) is 2. The van der Waals surface area contributed by atoms with Crippen LogP contribution < -0.4 is 4.74 Å². The van der Waals surface area contributed by atoms with Gasteiger partial charge < -0.3 is 9.47 Å². The van der Waals surface area contributed by atoms with Crippen LogP contribution in [0.2, 0.25) is 0 Å². The van der Waals surface area contributed by atoms with Crippen LogP contribution >= 0.6 is 31.9 Å². The van der Waals surface area contributed by atoms with E-state index in [0.717, 1.165) is 36.3 Å². The fraction of sp³-hybridized carbons (Fsp3) is 0.538. The second kappa shape index (κ2) is 6.21. The van der Waals surface area contributed by atoms with E-state index in [0.29, 0.717) is 10.7 Å².